The summed E-state index contributed by atoms with van der Waals surface area (Å²) in [6, 6.07) is 0.331. The van der Waals surface area contributed by atoms with Gasteiger partial charge in [-0.15, -0.1) is 0 Å². The van der Waals surface area contributed by atoms with Crippen LogP contribution < -0.4 is 11.3 Å². The highest BCUT2D eigenvalue weighted by atomic mass is 32.2. The number of rotatable bonds is 6. The molecule has 2 aliphatic rings. The Kier molecular flexibility index (Phi) is 6.47. The van der Waals surface area contributed by atoms with Crippen molar-refractivity contribution in [2.75, 3.05) is 19.3 Å². The van der Waals surface area contributed by atoms with Crippen LogP contribution in [0.4, 0.5) is 0 Å². The maximum absolute atomic E-state index is 11.7. The molecule has 0 aromatic carbocycles. The van der Waals surface area contributed by atoms with E-state index >= 15 is 0 Å². The minimum atomic E-state index is -3.05. The minimum Gasteiger partial charge on any atom is -0.271 e. The lowest BCUT2D eigenvalue weighted by Crippen LogP contribution is -2.43. The number of hydrogen-bond donors (Lipinski definition) is 2. The molecule has 1 heterocycles. The van der Waals surface area contributed by atoms with E-state index in [2.05, 4.69) is 5.43 Å². The molecule has 0 bridgehead atoms. The summed E-state index contributed by atoms with van der Waals surface area (Å²) in [5, 5.41) is 0. The smallest absolute Gasteiger partial charge is 0.211 e. The number of hydrazine groups is 1. The normalized spacial score (nSPS) is 27.6. The van der Waals surface area contributed by atoms with Crippen LogP contribution in [-0.2, 0) is 10.0 Å². The molecule has 1 saturated carbocycles. The van der Waals surface area contributed by atoms with Gasteiger partial charge in [-0.1, -0.05) is 32.1 Å². The molecule has 1 aliphatic carbocycles. The van der Waals surface area contributed by atoms with Crippen LogP contribution in [0.3, 0.4) is 0 Å². The summed E-state index contributed by atoms with van der Waals surface area (Å²) in [5.41, 5.74) is 2.98. The quantitative estimate of drug-likeness (QED) is 0.579. The van der Waals surface area contributed by atoms with Gasteiger partial charge in [-0.25, -0.2) is 12.7 Å². The molecule has 21 heavy (non-hydrogen) atoms. The number of hydrogen-bond acceptors (Lipinski definition) is 4. The van der Waals surface area contributed by atoms with Crippen molar-refractivity contribution in [1.29, 1.82) is 0 Å². The molecule has 6 heteroatoms. The van der Waals surface area contributed by atoms with Crippen molar-refractivity contribution in [2.24, 2.45) is 17.7 Å². The molecule has 0 radical (unpaired) electrons. The van der Waals surface area contributed by atoms with Crippen molar-refractivity contribution >= 4 is 10.0 Å². The van der Waals surface area contributed by atoms with Gasteiger partial charge in [0.25, 0.3) is 0 Å². The molecule has 0 amide bonds. The van der Waals surface area contributed by atoms with Gasteiger partial charge in [-0.3, -0.25) is 11.3 Å². The molecule has 1 aliphatic heterocycles. The maximum atomic E-state index is 11.7. The molecule has 5 nitrogen and oxygen atoms in total. The van der Waals surface area contributed by atoms with E-state index in [9.17, 15) is 8.42 Å². The minimum absolute atomic E-state index is 0.331. The van der Waals surface area contributed by atoms with Gasteiger partial charge in [0.2, 0.25) is 10.0 Å². The molecular weight excluding hydrogens is 286 g/mol. The third-order valence-electron chi connectivity index (χ3n) is 5.15. The van der Waals surface area contributed by atoms with Crippen LogP contribution in [0.5, 0.6) is 0 Å². The molecule has 2 rings (SSSR count). The highest BCUT2D eigenvalue weighted by molar-refractivity contribution is 7.88. The maximum Gasteiger partial charge on any atom is 0.211 e. The van der Waals surface area contributed by atoms with Gasteiger partial charge >= 0.3 is 0 Å². The third-order valence-corrected chi connectivity index (χ3v) is 6.42. The van der Waals surface area contributed by atoms with Crippen molar-refractivity contribution < 1.29 is 8.42 Å². The number of nitrogens with zero attached hydrogens (tertiary/aromatic N) is 1. The first-order chi connectivity index (χ1) is 9.99. The fourth-order valence-electron chi connectivity index (χ4n) is 3.98. The third kappa shape index (κ3) is 5.51. The van der Waals surface area contributed by atoms with Crippen LogP contribution in [0.2, 0.25) is 0 Å². The molecular formula is C15H31N3O2S. The molecule has 0 aromatic rings. The predicted molar refractivity (Wildman–Crippen MR) is 86.1 cm³/mol. The zero-order chi connectivity index (χ0) is 15.3. The molecule has 2 fully saturated rings. The first-order valence-corrected chi connectivity index (χ1v) is 10.2. The summed E-state index contributed by atoms with van der Waals surface area (Å²) >= 11 is 0. The predicted octanol–water partition coefficient (Wildman–Crippen LogP) is 1.85. The fourth-order valence-corrected chi connectivity index (χ4v) is 4.92. The summed E-state index contributed by atoms with van der Waals surface area (Å²) in [5.74, 6) is 6.99. The lowest BCUT2D eigenvalue weighted by Gasteiger charge is -2.34. The average Bonchev–Trinajstić information content (AvgIpc) is 2.47. The van der Waals surface area contributed by atoms with Gasteiger partial charge in [0.15, 0.2) is 0 Å². The number of sulfonamides is 1. The van der Waals surface area contributed by atoms with Gasteiger partial charge < -0.3 is 0 Å². The Bertz CT molecular complexity index is 407. The number of nitrogens with two attached hydrogens (primary N) is 1. The SMILES string of the molecule is CS(=O)(=O)N1CCCC(CC(CC2CCCCC2)NN)C1. The zero-order valence-electron chi connectivity index (χ0n) is 13.3. The van der Waals surface area contributed by atoms with E-state index in [1.807, 2.05) is 0 Å². The van der Waals surface area contributed by atoms with Crippen molar-refractivity contribution in [1.82, 2.24) is 9.73 Å². The first kappa shape index (κ1) is 17.2. The summed E-state index contributed by atoms with van der Waals surface area (Å²) in [4.78, 5) is 0. The van der Waals surface area contributed by atoms with Gasteiger partial charge in [0.05, 0.1) is 6.26 Å². The van der Waals surface area contributed by atoms with Crippen molar-refractivity contribution in [3.8, 4) is 0 Å². The van der Waals surface area contributed by atoms with E-state index in [4.69, 9.17) is 5.84 Å². The van der Waals surface area contributed by atoms with E-state index in [0.29, 0.717) is 25.0 Å². The van der Waals surface area contributed by atoms with Crippen molar-refractivity contribution in [3.05, 3.63) is 0 Å². The monoisotopic (exact) mass is 317 g/mol. The molecule has 3 N–H and O–H groups in total. The standard InChI is InChI=1S/C15H31N3O2S/c1-21(19,20)18-9-5-8-14(12-18)11-15(17-16)10-13-6-3-2-4-7-13/h13-15,17H,2-12,16H2,1H3. The summed E-state index contributed by atoms with van der Waals surface area (Å²) in [6.45, 7) is 1.35. The average molecular weight is 317 g/mol. The Morgan fingerprint density at radius 2 is 1.71 bits per heavy atom. The topological polar surface area (TPSA) is 75.4 Å². The Morgan fingerprint density at radius 3 is 2.33 bits per heavy atom. The van der Waals surface area contributed by atoms with Crippen molar-refractivity contribution in [2.45, 2.75) is 63.8 Å². The van der Waals surface area contributed by atoms with E-state index < -0.39 is 10.0 Å². The van der Waals surface area contributed by atoms with Gasteiger partial charge in [0.1, 0.15) is 0 Å². The number of piperidine rings is 1. The van der Waals surface area contributed by atoms with E-state index in [1.54, 1.807) is 4.31 Å². The first-order valence-electron chi connectivity index (χ1n) is 8.40. The molecule has 0 spiro atoms. The second kappa shape index (κ2) is 7.90. The number of nitrogens with one attached hydrogen (secondary N) is 1. The largest absolute Gasteiger partial charge is 0.271 e. The summed E-state index contributed by atoms with van der Waals surface area (Å²) < 4.78 is 25.0. The Hall–Kier alpha value is -0.170. The highest BCUT2D eigenvalue weighted by Crippen LogP contribution is 2.30. The van der Waals surface area contributed by atoms with Crippen molar-refractivity contribution in [3.63, 3.8) is 0 Å². The van der Waals surface area contributed by atoms with Gasteiger partial charge in [-0.05, 0) is 37.5 Å². The summed E-state index contributed by atoms with van der Waals surface area (Å²) in [7, 11) is -3.05. The lowest BCUT2D eigenvalue weighted by molar-refractivity contribution is 0.216. The lowest BCUT2D eigenvalue weighted by atomic mass is 9.82. The Labute approximate surface area is 129 Å². The van der Waals surface area contributed by atoms with E-state index in [0.717, 1.165) is 31.6 Å². The second-order valence-corrected chi connectivity index (χ2v) is 8.95. The van der Waals surface area contributed by atoms with Crippen LogP contribution >= 0.6 is 0 Å². The fraction of sp³-hybridized carbons (Fsp3) is 1.00. The van der Waals surface area contributed by atoms with Gasteiger partial charge in [0, 0.05) is 19.1 Å². The summed E-state index contributed by atoms with van der Waals surface area (Å²) in [6.07, 6.45) is 12.3. The molecule has 124 valence electrons. The van der Waals surface area contributed by atoms with Crippen LogP contribution in [0, 0.1) is 11.8 Å². The molecule has 1 saturated heterocycles. The Balaban J connectivity index is 1.83. The van der Waals surface area contributed by atoms with E-state index in [1.165, 1.54) is 38.4 Å². The molecule has 2 atom stereocenters. The second-order valence-electron chi connectivity index (χ2n) is 6.97. The van der Waals surface area contributed by atoms with Crippen LogP contribution in [0.1, 0.15) is 57.8 Å². The zero-order valence-corrected chi connectivity index (χ0v) is 14.1. The highest BCUT2D eigenvalue weighted by Gasteiger charge is 2.28. The van der Waals surface area contributed by atoms with Crippen LogP contribution in [-0.4, -0.2) is 38.1 Å². The molecule has 2 unspecified atom stereocenters. The van der Waals surface area contributed by atoms with E-state index in [-0.39, 0.29) is 0 Å². The van der Waals surface area contributed by atoms with Crippen LogP contribution in [0.25, 0.3) is 0 Å². The van der Waals surface area contributed by atoms with Crippen LogP contribution in [0.15, 0.2) is 0 Å². The Morgan fingerprint density at radius 1 is 1.10 bits per heavy atom. The van der Waals surface area contributed by atoms with Gasteiger partial charge in [-0.2, -0.15) is 0 Å². The molecule has 0 aromatic heterocycles.